The molecule has 35 heavy (non-hydrogen) atoms. The third-order valence-corrected chi connectivity index (χ3v) is 6.88. The van der Waals surface area contributed by atoms with E-state index in [-0.39, 0.29) is 10.8 Å². The van der Waals surface area contributed by atoms with Crippen molar-refractivity contribution >= 4 is 27.6 Å². The van der Waals surface area contributed by atoms with Crippen molar-refractivity contribution in [1.82, 2.24) is 14.4 Å². The Balaban J connectivity index is 0.000000671. The quantitative estimate of drug-likeness (QED) is 0.238. The minimum atomic E-state index is -0.0831. The second-order valence-electron chi connectivity index (χ2n) is 10.8. The maximum absolute atomic E-state index is 5.28. The van der Waals surface area contributed by atoms with Crippen LogP contribution in [0.5, 0.6) is 0 Å². The predicted octanol–water partition coefficient (Wildman–Crippen LogP) is 9.59. The summed E-state index contributed by atoms with van der Waals surface area (Å²) >= 11 is 0. The SMILES string of the molecule is C=C.CC.CC.Cc1cc2nc3c4c5cc(cc4nc(C(C)(C)C)n3c2cc1C)C(C)(C)CC5C. The van der Waals surface area contributed by atoms with Crippen molar-refractivity contribution in [1.29, 1.82) is 0 Å². The maximum atomic E-state index is 5.28. The summed E-state index contributed by atoms with van der Waals surface area (Å²) in [6.45, 7) is 32.1. The van der Waals surface area contributed by atoms with Gasteiger partial charge < -0.3 is 0 Å². The van der Waals surface area contributed by atoms with Crippen molar-refractivity contribution in [2.75, 3.05) is 0 Å². The Labute approximate surface area is 213 Å². The Bertz CT molecular complexity index is 1330. The van der Waals surface area contributed by atoms with Crippen LogP contribution in [-0.2, 0) is 10.8 Å². The van der Waals surface area contributed by atoms with E-state index in [0.29, 0.717) is 5.92 Å². The number of hydrogen-bond acceptors (Lipinski definition) is 2. The summed E-state index contributed by atoms with van der Waals surface area (Å²) in [5.74, 6) is 1.58. The van der Waals surface area contributed by atoms with Gasteiger partial charge in [-0.05, 0) is 72.1 Å². The molecular formula is C32H47N3. The third-order valence-electron chi connectivity index (χ3n) is 6.88. The fourth-order valence-electron chi connectivity index (χ4n) is 5.14. The summed E-state index contributed by atoms with van der Waals surface area (Å²) in [4.78, 5) is 10.5. The van der Waals surface area contributed by atoms with Crippen molar-refractivity contribution < 1.29 is 0 Å². The molecule has 1 aliphatic rings. The highest BCUT2D eigenvalue weighted by atomic mass is 15.1. The molecule has 3 heteroatoms. The smallest absolute Gasteiger partial charge is 0.149 e. The highest BCUT2D eigenvalue weighted by Gasteiger charge is 2.33. The van der Waals surface area contributed by atoms with E-state index in [9.17, 15) is 0 Å². The molecule has 0 saturated carbocycles. The van der Waals surface area contributed by atoms with Gasteiger partial charge in [0.25, 0.3) is 0 Å². The fraction of sp³-hybridized carbons (Fsp3) is 0.500. The summed E-state index contributed by atoms with van der Waals surface area (Å²) in [6, 6.07) is 9.23. The van der Waals surface area contributed by atoms with Crippen LogP contribution in [0.2, 0.25) is 0 Å². The summed E-state index contributed by atoms with van der Waals surface area (Å²) < 4.78 is 2.33. The Morgan fingerprint density at radius 3 is 2.03 bits per heavy atom. The minimum absolute atomic E-state index is 0.0831. The third kappa shape index (κ3) is 4.87. The first-order valence-electron chi connectivity index (χ1n) is 13.3. The van der Waals surface area contributed by atoms with Gasteiger partial charge in [-0.3, -0.25) is 4.40 Å². The van der Waals surface area contributed by atoms with Crippen molar-refractivity contribution in [3.05, 3.63) is 65.5 Å². The van der Waals surface area contributed by atoms with E-state index in [4.69, 9.17) is 9.97 Å². The first kappa shape index (κ1) is 28.6. The molecule has 5 rings (SSSR count). The minimum Gasteiger partial charge on any atom is -0.279 e. The predicted molar refractivity (Wildman–Crippen MR) is 156 cm³/mol. The van der Waals surface area contributed by atoms with Crippen molar-refractivity contribution in [3.8, 4) is 0 Å². The van der Waals surface area contributed by atoms with E-state index in [1.807, 2.05) is 27.7 Å². The zero-order chi connectivity index (χ0) is 26.9. The van der Waals surface area contributed by atoms with Crippen LogP contribution in [0.4, 0.5) is 0 Å². The molecule has 2 bridgehead atoms. The average Bonchev–Trinajstić information content (AvgIpc) is 3.18. The molecule has 0 aliphatic heterocycles. The summed E-state index contributed by atoms with van der Waals surface area (Å²) in [7, 11) is 0. The molecule has 4 aromatic rings. The Morgan fingerprint density at radius 2 is 1.46 bits per heavy atom. The van der Waals surface area contributed by atoms with Crippen molar-refractivity contribution in [3.63, 3.8) is 0 Å². The number of imidazole rings is 1. The summed E-state index contributed by atoms with van der Waals surface area (Å²) in [5, 5.41) is 1.23. The zero-order valence-corrected chi connectivity index (χ0v) is 24.3. The number of fused-ring (bicyclic) bond motifs is 8. The van der Waals surface area contributed by atoms with Crippen LogP contribution < -0.4 is 0 Å². The van der Waals surface area contributed by atoms with Crippen LogP contribution in [0.1, 0.15) is 110 Å². The molecule has 1 atom stereocenters. The normalized spacial score (nSPS) is 16.1. The lowest BCUT2D eigenvalue weighted by Crippen LogP contribution is -2.25. The summed E-state index contributed by atoms with van der Waals surface area (Å²) in [6.07, 6.45) is 1.16. The number of nitrogens with zero attached hydrogens (tertiary/aromatic N) is 3. The molecule has 0 radical (unpaired) electrons. The fourth-order valence-corrected chi connectivity index (χ4v) is 5.14. The molecular weight excluding hydrogens is 426 g/mol. The molecule has 2 aromatic carbocycles. The second kappa shape index (κ2) is 10.5. The zero-order valence-electron chi connectivity index (χ0n) is 24.3. The van der Waals surface area contributed by atoms with Gasteiger partial charge in [-0.2, -0.15) is 0 Å². The van der Waals surface area contributed by atoms with Gasteiger partial charge in [0.15, 0.2) is 0 Å². The van der Waals surface area contributed by atoms with E-state index in [1.54, 1.807) is 0 Å². The second-order valence-corrected chi connectivity index (χ2v) is 10.8. The molecule has 1 unspecified atom stereocenters. The molecule has 0 spiro atoms. The van der Waals surface area contributed by atoms with Crippen molar-refractivity contribution in [2.45, 2.75) is 106 Å². The summed E-state index contributed by atoms with van der Waals surface area (Å²) in [5.41, 5.74) is 9.88. The molecule has 2 heterocycles. The van der Waals surface area contributed by atoms with Gasteiger partial charge in [0.05, 0.1) is 16.6 Å². The number of aromatic nitrogens is 3. The van der Waals surface area contributed by atoms with E-state index < -0.39 is 0 Å². The van der Waals surface area contributed by atoms with Crippen LogP contribution in [0.15, 0.2) is 37.4 Å². The lowest BCUT2D eigenvalue weighted by molar-refractivity contribution is 0.424. The van der Waals surface area contributed by atoms with Crippen LogP contribution in [-0.4, -0.2) is 14.4 Å². The highest BCUT2D eigenvalue weighted by Crippen LogP contribution is 2.45. The van der Waals surface area contributed by atoms with Gasteiger partial charge in [0.1, 0.15) is 11.5 Å². The first-order valence-corrected chi connectivity index (χ1v) is 13.3. The van der Waals surface area contributed by atoms with Gasteiger partial charge in [0, 0.05) is 10.8 Å². The standard InChI is InChI=1S/C26H31N3.2C2H6.C2H4/c1-14-9-19-21(10-15(14)2)29-23(27-19)22-18-11-17(26(7,8)13-16(18)3)12-20(22)28-24(29)25(4,5)6;3*1-2/h9-12,16H,13H2,1-8H3;2*1-2H3;1-2H2. The van der Waals surface area contributed by atoms with Crippen LogP contribution in [0.25, 0.3) is 27.6 Å². The molecule has 190 valence electrons. The topological polar surface area (TPSA) is 30.2 Å². The van der Waals surface area contributed by atoms with E-state index in [2.05, 4.69) is 97.2 Å². The van der Waals surface area contributed by atoms with Crippen LogP contribution >= 0.6 is 0 Å². The highest BCUT2D eigenvalue weighted by molar-refractivity contribution is 6.00. The molecule has 0 N–H and O–H groups in total. The van der Waals surface area contributed by atoms with Gasteiger partial charge >= 0.3 is 0 Å². The van der Waals surface area contributed by atoms with Gasteiger partial charge in [-0.25, -0.2) is 9.97 Å². The number of aryl methyl sites for hydroxylation is 2. The Morgan fingerprint density at radius 1 is 0.886 bits per heavy atom. The maximum Gasteiger partial charge on any atom is 0.149 e. The monoisotopic (exact) mass is 473 g/mol. The van der Waals surface area contributed by atoms with Crippen LogP contribution in [0, 0.1) is 13.8 Å². The lowest BCUT2D eigenvalue weighted by Gasteiger charge is -2.35. The van der Waals surface area contributed by atoms with E-state index >= 15 is 0 Å². The number of benzene rings is 2. The molecule has 3 nitrogen and oxygen atoms in total. The lowest BCUT2D eigenvalue weighted by atomic mass is 9.70. The first-order chi connectivity index (χ1) is 16.5. The number of hydrogen-bond donors (Lipinski definition) is 0. The van der Waals surface area contributed by atoms with Gasteiger partial charge in [-0.1, -0.05) is 75.3 Å². The van der Waals surface area contributed by atoms with Crippen LogP contribution in [0.3, 0.4) is 0 Å². The van der Waals surface area contributed by atoms with E-state index in [0.717, 1.165) is 28.9 Å². The van der Waals surface area contributed by atoms with Gasteiger partial charge in [-0.15, -0.1) is 13.2 Å². The molecule has 0 amide bonds. The number of rotatable bonds is 0. The molecule has 0 saturated heterocycles. The average molecular weight is 474 g/mol. The van der Waals surface area contributed by atoms with Gasteiger partial charge in [0.2, 0.25) is 0 Å². The molecule has 1 aliphatic carbocycles. The van der Waals surface area contributed by atoms with Crippen molar-refractivity contribution in [2.24, 2.45) is 0 Å². The molecule has 0 fully saturated rings. The Hall–Kier alpha value is -2.68. The Kier molecular flexibility index (Phi) is 8.58. The molecule has 2 aromatic heterocycles. The van der Waals surface area contributed by atoms with E-state index in [1.165, 1.54) is 33.2 Å². The largest absolute Gasteiger partial charge is 0.279 e.